The van der Waals surface area contributed by atoms with E-state index in [1.807, 2.05) is 26.8 Å². The Labute approximate surface area is 209 Å². The number of ketones is 2. The molecule has 5 aliphatic carbocycles. The van der Waals surface area contributed by atoms with Gasteiger partial charge in [-0.2, -0.15) is 0 Å². The zero-order chi connectivity index (χ0) is 25.2. The second-order valence-electron chi connectivity index (χ2n) is 11.7. The molecule has 0 heterocycles. The van der Waals surface area contributed by atoms with Crippen molar-refractivity contribution in [3.05, 3.63) is 23.8 Å². The van der Waals surface area contributed by atoms with Gasteiger partial charge in [0.05, 0.1) is 19.3 Å². The van der Waals surface area contributed by atoms with E-state index in [-0.39, 0.29) is 40.4 Å². The molecule has 4 saturated carbocycles. The molecule has 0 aromatic heterocycles. The SMILES string of the molecule is CCOP(=O)(CO[C@H]1C[C@]23C[C@]2(C(=O)CC)[C@H](C)C[C@H]3[C@@H]2CCC3=CC(=O)C=C[C@]3(C)[C@H]21)OCC. The number of fused-ring (bicyclic) bond motifs is 4. The van der Waals surface area contributed by atoms with Gasteiger partial charge in [0.1, 0.15) is 12.1 Å². The average Bonchev–Trinajstić information content (AvgIpc) is 3.42. The van der Waals surface area contributed by atoms with Crippen LogP contribution in [0.2, 0.25) is 0 Å². The highest BCUT2D eigenvalue weighted by Crippen LogP contribution is 2.84. The Morgan fingerprint density at radius 3 is 2.57 bits per heavy atom. The number of rotatable bonds is 9. The van der Waals surface area contributed by atoms with Crippen molar-refractivity contribution in [1.29, 1.82) is 0 Å². The average molecular weight is 505 g/mol. The van der Waals surface area contributed by atoms with Crippen molar-refractivity contribution in [2.24, 2.45) is 39.9 Å². The van der Waals surface area contributed by atoms with Crippen LogP contribution < -0.4 is 0 Å². The van der Waals surface area contributed by atoms with Gasteiger partial charge in [-0.25, -0.2) is 0 Å². The minimum Gasteiger partial charge on any atom is -0.365 e. The summed E-state index contributed by atoms with van der Waals surface area (Å²) < 4.78 is 31.0. The summed E-state index contributed by atoms with van der Waals surface area (Å²) in [5.41, 5.74) is 0.671. The lowest BCUT2D eigenvalue weighted by molar-refractivity contribution is -0.131. The Hall–Kier alpha value is -1.07. The largest absolute Gasteiger partial charge is 0.365 e. The zero-order valence-corrected chi connectivity index (χ0v) is 22.8. The Bertz CT molecular complexity index is 1010. The van der Waals surface area contributed by atoms with Crippen molar-refractivity contribution in [2.45, 2.75) is 79.2 Å². The summed E-state index contributed by atoms with van der Waals surface area (Å²) in [7, 11) is -3.37. The van der Waals surface area contributed by atoms with Gasteiger partial charge < -0.3 is 13.8 Å². The van der Waals surface area contributed by atoms with Crippen LogP contribution in [0.15, 0.2) is 23.8 Å². The summed E-state index contributed by atoms with van der Waals surface area (Å²) in [5.74, 6) is 1.91. The van der Waals surface area contributed by atoms with Crippen LogP contribution in [0.1, 0.15) is 73.1 Å². The molecular weight excluding hydrogens is 463 g/mol. The normalized spacial score (nSPS) is 43.6. The van der Waals surface area contributed by atoms with E-state index in [2.05, 4.69) is 19.9 Å². The molecule has 1 spiro atoms. The van der Waals surface area contributed by atoms with E-state index in [1.54, 1.807) is 6.08 Å². The molecule has 0 saturated heterocycles. The molecule has 0 N–H and O–H groups in total. The molecule has 5 aliphatic rings. The second-order valence-corrected chi connectivity index (χ2v) is 13.7. The fraction of sp³-hybridized carbons (Fsp3) is 0.786. The molecule has 8 atom stereocenters. The van der Waals surface area contributed by atoms with Crippen molar-refractivity contribution >= 4 is 19.2 Å². The molecule has 7 heteroatoms. The highest BCUT2D eigenvalue weighted by molar-refractivity contribution is 7.53. The third kappa shape index (κ3) is 3.57. The molecule has 194 valence electrons. The lowest BCUT2D eigenvalue weighted by Gasteiger charge is -2.57. The first-order valence-corrected chi connectivity index (χ1v) is 15.3. The monoisotopic (exact) mass is 504 g/mol. The van der Waals surface area contributed by atoms with Crippen LogP contribution in [0.4, 0.5) is 0 Å². The number of ether oxygens (including phenoxy) is 1. The van der Waals surface area contributed by atoms with Gasteiger partial charge in [0.25, 0.3) is 0 Å². The van der Waals surface area contributed by atoms with Crippen LogP contribution in [-0.2, 0) is 27.9 Å². The van der Waals surface area contributed by atoms with Gasteiger partial charge in [0.15, 0.2) is 5.78 Å². The molecule has 0 aromatic rings. The third-order valence-electron chi connectivity index (χ3n) is 10.4. The van der Waals surface area contributed by atoms with Crippen LogP contribution >= 0.6 is 7.60 Å². The van der Waals surface area contributed by atoms with E-state index in [9.17, 15) is 14.2 Å². The summed E-state index contributed by atoms with van der Waals surface area (Å²) >= 11 is 0. The summed E-state index contributed by atoms with van der Waals surface area (Å²) in [6.45, 7) is 10.7. The van der Waals surface area contributed by atoms with Crippen LogP contribution in [-0.4, -0.2) is 37.2 Å². The van der Waals surface area contributed by atoms with Gasteiger partial charge in [0.2, 0.25) is 0 Å². The number of hydrogen-bond donors (Lipinski definition) is 0. The molecule has 0 bridgehead atoms. The third-order valence-corrected chi connectivity index (χ3v) is 12.2. The first-order valence-electron chi connectivity index (χ1n) is 13.6. The van der Waals surface area contributed by atoms with Crippen molar-refractivity contribution in [3.8, 4) is 0 Å². The standard InChI is InChI=1S/C28H41O6P/c1-6-24(30)28-16-27(28)15-23(32-17-35(31,33-7-2)34-8-3)25-21(22(27)13-18(28)4)10-9-19-14-20(29)11-12-26(19,25)5/h11-12,14,18,21-23,25H,6-10,13,15-17H2,1-5H3/t18-,21+,22+,23+,25-,26+,27-,28-/m1/s1. The van der Waals surface area contributed by atoms with E-state index in [0.29, 0.717) is 43.2 Å². The summed E-state index contributed by atoms with van der Waals surface area (Å²) in [4.78, 5) is 25.6. The lowest BCUT2D eigenvalue weighted by atomic mass is 9.49. The molecule has 35 heavy (non-hydrogen) atoms. The van der Waals surface area contributed by atoms with Crippen molar-refractivity contribution in [1.82, 2.24) is 0 Å². The van der Waals surface area contributed by atoms with Gasteiger partial charge in [0, 0.05) is 23.2 Å². The fourth-order valence-electron chi connectivity index (χ4n) is 9.15. The molecule has 5 rings (SSSR count). The molecule has 0 aliphatic heterocycles. The Morgan fingerprint density at radius 2 is 1.91 bits per heavy atom. The van der Waals surface area contributed by atoms with Gasteiger partial charge in [-0.3, -0.25) is 14.2 Å². The summed E-state index contributed by atoms with van der Waals surface area (Å²) in [5, 5.41) is 0. The Morgan fingerprint density at radius 1 is 1.20 bits per heavy atom. The number of carbonyl (C=O) groups excluding carboxylic acids is 2. The smallest absolute Gasteiger partial charge is 0.356 e. The molecule has 0 radical (unpaired) electrons. The molecule has 0 amide bonds. The second kappa shape index (κ2) is 8.75. The quantitative estimate of drug-likeness (QED) is 0.353. The van der Waals surface area contributed by atoms with Crippen LogP contribution in [0.25, 0.3) is 0 Å². The van der Waals surface area contributed by atoms with E-state index in [4.69, 9.17) is 13.8 Å². The fourth-order valence-corrected chi connectivity index (χ4v) is 10.5. The zero-order valence-electron chi connectivity index (χ0n) is 21.9. The van der Waals surface area contributed by atoms with E-state index >= 15 is 0 Å². The van der Waals surface area contributed by atoms with Gasteiger partial charge in [-0.05, 0) is 81.3 Å². The van der Waals surface area contributed by atoms with E-state index in [1.165, 1.54) is 5.57 Å². The van der Waals surface area contributed by atoms with Gasteiger partial charge in [-0.1, -0.05) is 32.4 Å². The lowest BCUT2D eigenvalue weighted by Crippen LogP contribution is -2.54. The van der Waals surface area contributed by atoms with Crippen LogP contribution in [0, 0.1) is 39.9 Å². The van der Waals surface area contributed by atoms with Crippen molar-refractivity contribution < 1.29 is 27.9 Å². The number of carbonyl (C=O) groups is 2. The topological polar surface area (TPSA) is 78.9 Å². The van der Waals surface area contributed by atoms with E-state index < -0.39 is 7.60 Å². The van der Waals surface area contributed by atoms with E-state index in [0.717, 1.165) is 32.1 Å². The maximum absolute atomic E-state index is 13.3. The highest BCUT2D eigenvalue weighted by Gasteiger charge is 2.82. The molecular formula is C28H41O6P. The number of hydrogen-bond acceptors (Lipinski definition) is 6. The number of allylic oxidation sites excluding steroid dienone is 4. The summed E-state index contributed by atoms with van der Waals surface area (Å²) in [6, 6.07) is 0. The first kappa shape index (κ1) is 25.6. The molecule has 0 aromatic carbocycles. The van der Waals surface area contributed by atoms with Gasteiger partial charge >= 0.3 is 7.60 Å². The van der Waals surface area contributed by atoms with Crippen LogP contribution in [0.3, 0.4) is 0 Å². The number of Topliss-reactive ketones (excluding diaryl/α,β-unsaturated/α-hetero) is 1. The molecule has 6 nitrogen and oxygen atoms in total. The molecule has 0 unspecified atom stereocenters. The maximum Gasteiger partial charge on any atom is 0.356 e. The molecule has 4 fully saturated rings. The predicted molar refractivity (Wildman–Crippen MR) is 134 cm³/mol. The minimum atomic E-state index is -3.37. The van der Waals surface area contributed by atoms with Crippen molar-refractivity contribution in [3.63, 3.8) is 0 Å². The van der Waals surface area contributed by atoms with Crippen LogP contribution in [0.5, 0.6) is 0 Å². The Kier molecular flexibility index (Phi) is 6.40. The maximum atomic E-state index is 13.3. The summed E-state index contributed by atoms with van der Waals surface area (Å²) in [6.07, 6.45) is 10.7. The van der Waals surface area contributed by atoms with Gasteiger partial charge in [-0.15, -0.1) is 0 Å². The predicted octanol–water partition coefficient (Wildman–Crippen LogP) is 6.11. The minimum absolute atomic E-state index is 0.0155. The Balaban J connectivity index is 1.53. The first-order chi connectivity index (χ1) is 16.6. The highest BCUT2D eigenvalue weighted by atomic mass is 31.2. The van der Waals surface area contributed by atoms with Crippen molar-refractivity contribution in [2.75, 3.05) is 19.6 Å².